The lowest BCUT2D eigenvalue weighted by Gasteiger charge is -2.34. The topological polar surface area (TPSA) is 54.5 Å². The molecule has 2 fully saturated rings. The number of anilines is 1. The summed E-state index contributed by atoms with van der Waals surface area (Å²) < 4.78 is 19.6. The second-order valence-electron chi connectivity index (χ2n) is 5.74. The maximum Gasteiger partial charge on any atom is 0.338 e. The fourth-order valence-corrected chi connectivity index (χ4v) is 4.58. The summed E-state index contributed by atoms with van der Waals surface area (Å²) >= 11 is 1.45. The van der Waals surface area contributed by atoms with Gasteiger partial charge in [0.15, 0.2) is 10.9 Å². The Bertz CT molecular complexity index is 732. The van der Waals surface area contributed by atoms with Crippen LogP contribution >= 0.6 is 11.3 Å². The fraction of sp³-hybridized carbons (Fsp3) is 0.467. The van der Waals surface area contributed by atoms with Crippen LogP contribution in [0.4, 0.5) is 9.52 Å². The Morgan fingerprint density at radius 3 is 2.82 bits per heavy atom. The van der Waals surface area contributed by atoms with E-state index in [1.54, 1.807) is 6.07 Å². The van der Waals surface area contributed by atoms with E-state index >= 15 is 0 Å². The molecule has 2 unspecified atom stereocenters. The summed E-state index contributed by atoms with van der Waals surface area (Å²) in [7, 11) is 1.29. The number of esters is 1. The van der Waals surface area contributed by atoms with Crippen molar-refractivity contribution in [3.8, 4) is 0 Å². The second kappa shape index (κ2) is 5.17. The minimum Gasteiger partial charge on any atom is -0.465 e. The first-order valence-electron chi connectivity index (χ1n) is 7.35. The van der Waals surface area contributed by atoms with Crippen molar-refractivity contribution in [2.24, 2.45) is 0 Å². The zero-order chi connectivity index (χ0) is 15.3. The van der Waals surface area contributed by atoms with Gasteiger partial charge in [0.2, 0.25) is 0 Å². The molecule has 2 aliphatic rings. The Hall–Kier alpha value is -1.73. The van der Waals surface area contributed by atoms with E-state index in [-0.39, 0.29) is 5.56 Å². The molecular weight excluding hydrogens is 305 g/mol. The highest BCUT2D eigenvalue weighted by Gasteiger charge is 2.38. The molecule has 7 heteroatoms. The van der Waals surface area contributed by atoms with E-state index in [4.69, 9.17) is 0 Å². The molecule has 0 aliphatic carbocycles. The van der Waals surface area contributed by atoms with Gasteiger partial charge in [-0.1, -0.05) is 11.3 Å². The van der Waals surface area contributed by atoms with Crippen molar-refractivity contribution in [1.29, 1.82) is 0 Å². The molecule has 0 amide bonds. The number of hydrogen-bond acceptors (Lipinski definition) is 6. The first-order valence-corrected chi connectivity index (χ1v) is 8.16. The lowest BCUT2D eigenvalue weighted by molar-refractivity contribution is 0.0600. The first-order chi connectivity index (χ1) is 10.7. The van der Waals surface area contributed by atoms with Gasteiger partial charge in [0.25, 0.3) is 0 Å². The van der Waals surface area contributed by atoms with Crippen LogP contribution in [-0.2, 0) is 4.74 Å². The van der Waals surface area contributed by atoms with Crippen LogP contribution in [0, 0.1) is 5.82 Å². The summed E-state index contributed by atoms with van der Waals surface area (Å²) in [6.07, 6.45) is 2.28. The number of fused-ring (bicyclic) bond motifs is 3. The van der Waals surface area contributed by atoms with Crippen molar-refractivity contribution in [2.75, 3.05) is 25.1 Å². The highest BCUT2D eigenvalue weighted by Crippen LogP contribution is 2.38. The van der Waals surface area contributed by atoms with Gasteiger partial charge in [0, 0.05) is 25.2 Å². The number of nitrogens with zero attached hydrogens (tertiary/aromatic N) is 2. The lowest BCUT2D eigenvalue weighted by atomic mass is 10.2. The number of aromatic nitrogens is 1. The number of carbonyl (C=O) groups excluding carboxylic acids is 1. The van der Waals surface area contributed by atoms with Crippen molar-refractivity contribution in [3.05, 3.63) is 23.5 Å². The maximum absolute atomic E-state index is 14.2. The molecule has 4 rings (SSSR count). The Morgan fingerprint density at radius 2 is 2.14 bits per heavy atom. The molecular formula is C15H16FN3O2S. The number of piperazine rings is 1. The molecule has 2 aliphatic heterocycles. The van der Waals surface area contributed by atoms with Crippen LogP contribution in [0.15, 0.2) is 12.1 Å². The predicted octanol–water partition coefficient (Wildman–Crippen LogP) is 2.16. The third kappa shape index (κ3) is 2.07. The highest BCUT2D eigenvalue weighted by atomic mass is 32.1. The molecule has 1 N–H and O–H groups in total. The molecule has 2 saturated heterocycles. The van der Waals surface area contributed by atoms with Crippen molar-refractivity contribution >= 4 is 32.7 Å². The van der Waals surface area contributed by atoms with E-state index in [2.05, 4.69) is 19.9 Å². The molecule has 2 atom stereocenters. The molecule has 0 radical (unpaired) electrons. The van der Waals surface area contributed by atoms with Crippen LogP contribution in [0.1, 0.15) is 23.2 Å². The first kappa shape index (κ1) is 13.9. The Morgan fingerprint density at radius 1 is 1.41 bits per heavy atom. The van der Waals surface area contributed by atoms with Crippen LogP contribution in [-0.4, -0.2) is 43.2 Å². The van der Waals surface area contributed by atoms with Gasteiger partial charge in [-0.15, -0.1) is 0 Å². The van der Waals surface area contributed by atoms with Crippen molar-refractivity contribution < 1.29 is 13.9 Å². The Labute approximate surface area is 131 Å². The quantitative estimate of drug-likeness (QED) is 0.859. The minimum atomic E-state index is -0.530. The molecule has 2 aromatic rings. The number of rotatable bonds is 2. The smallest absolute Gasteiger partial charge is 0.338 e. The van der Waals surface area contributed by atoms with Crippen molar-refractivity contribution in [2.45, 2.75) is 24.9 Å². The van der Waals surface area contributed by atoms with Gasteiger partial charge in [0.05, 0.1) is 17.4 Å². The van der Waals surface area contributed by atoms with Crippen molar-refractivity contribution in [3.63, 3.8) is 0 Å². The van der Waals surface area contributed by atoms with Crippen molar-refractivity contribution in [1.82, 2.24) is 10.3 Å². The zero-order valence-electron chi connectivity index (χ0n) is 12.1. The summed E-state index contributed by atoms with van der Waals surface area (Å²) in [4.78, 5) is 18.4. The molecule has 1 aromatic carbocycles. The molecule has 22 heavy (non-hydrogen) atoms. The Kier molecular flexibility index (Phi) is 3.27. The summed E-state index contributed by atoms with van der Waals surface area (Å²) in [5, 5.41) is 4.28. The van der Waals surface area contributed by atoms with Gasteiger partial charge >= 0.3 is 5.97 Å². The van der Waals surface area contributed by atoms with Crippen LogP contribution < -0.4 is 10.2 Å². The zero-order valence-corrected chi connectivity index (χ0v) is 13.0. The van der Waals surface area contributed by atoms with Gasteiger partial charge in [-0.3, -0.25) is 0 Å². The molecule has 116 valence electrons. The van der Waals surface area contributed by atoms with Crippen LogP contribution in [0.5, 0.6) is 0 Å². The average Bonchev–Trinajstić information content (AvgIpc) is 3.04. The third-order valence-corrected chi connectivity index (χ3v) is 5.47. The number of carbonyl (C=O) groups is 1. The van der Waals surface area contributed by atoms with Gasteiger partial charge in [-0.05, 0) is 25.0 Å². The summed E-state index contributed by atoms with van der Waals surface area (Å²) in [5.41, 5.74) is 0.566. The molecule has 2 bridgehead atoms. The summed E-state index contributed by atoms with van der Waals surface area (Å²) in [6, 6.07) is 3.73. The highest BCUT2D eigenvalue weighted by molar-refractivity contribution is 7.22. The summed E-state index contributed by atoms with van der Waals surface area (Å²) in [6.45, 7) is 1.89. The van der Waals surface area contributed by atoms with Crippen LogP contribution in [0.2, 0.25) is 0 Å². The number of halogens is 1. The maximum atomic E-state index is 14.2. The van der Waals surface area contributed by atoms with Gasteiger partial charge in [-0.2, -0.15) is 0 Å². The fourth-order valence-electron chi connectivity index (χ4n) is 3.41. The van der Waals surface area contributed by atoms with E-state index in [1.165, 1.54) is 24.5 Å². The number of thiazole rings is 1. The standard InChI is InChI=1S/C15H16FN3O2S/c1-21-14(20)8-4-11(16)13-12(5-8)22-15(18-13)19-9-2-3-10(19)7-17-6-9/h4-5,9-10,17H,2-3,6-7H2,1H3. The van der Waals surface area contributed by atoms with Crippen LogP contribution in [0.25, 0.3) is 10.2 Å². The van der Waals surface area contributed by atoms with Crippen LogP contribution in [0.3, 0.4) is 0 Å². The number of ether oxygens (including phenoxy) is 1. The Balaban J connectivity index is 1.77. The van der Waals surface area contributed by atoms with Gasteiger partial charge in [0.1, 0.15) is 5.52 Å². The van der Waals surface area contributed by atoms with E-state index in [0.717, 1.165) is 31.1 Å². The normalized spacial score (nSPS) is 24.0. The molecule has 5 nitrogen and oxygen atoms in total. The number of benzene rings is 1. The molecule has 0 saturated carbocycles. The summed E-state index contributed by atoms with van der Waals surface area (Å²) in [5.74, 6) is -0.999. The largest absolute Gasteiger partial charge is 0.465 e. The monoisotopic (exact) mass is 321 g/mol. The molecule has 1 aromatic heterocycles. The van der Waals surface area contributed by atoms with E-state index in [1.807, 2.05) is 0 Å². The predicted molar refractivity (Wildman–Crippen MR) is 83.1 cm³/mol. The third-order valence-electron chi connectivity index (χ3n) is 4.46. The van der Waals surface area contributed by atoms with Gasteiger partial charge < -0.3 is 15.0 Å². The minimum absolute atomic E-state index is 0.228. The van der Waals surface area contributed by atoms with E-state index in [0.29, 0.717) is 22.3 Å². The average molecular weight is 321 g/mol. The molecule has 0 spiro atoms. The van der Waals surface area contributed by atoms with E-state index in [9.17, 15) is 9.18 Å². The SMILES string of the molecule is COC(=O)c1cc(F)c2nc(N3C4CCC3CNC4)sc2c1. The number of hydrogen-bond donors (Lipinski definition) is 1. The lowest BCUT2D eigenvalue weighted by Crippen LogP contribution is -2.51. The second-order valence-corrected chi connectivity index (χ2v) is 6.75. The molecule has 3 heterocycles. The van der Waals surface area contributed by atoms with Gasteiger partial charge in [-0.25, -0.2) is 14.2 Å². The van der Waals surface area contributed by atoms with E-state index < -0.39 is 11.8 Å². The number of nitrogens with one attached hydrogen (secondary N) is 1. The number of methoxy groups -OCH3 is 1.